The van der Waals surface area contributed by atoms with Crippen molar-refractivity contribution in [3.8, 4) is 17.2 Å². The van der Waals surface area contributed by atoms with Crippen LogP contribution in [-0.2, 0) is 19.4 Å². The zero-order chi connectivity index (χ0) is 17.1. The van der Waals surface area contributed by atoms with Gasteiger partial charge in [0, 0.05) is 11.6 Å². The fourth-order valence-corrected chi connectivity index (χ4v) is 2.94. The van der Waals surface area contributed by atoms with Crippen LogP contribution in [0.2, 0.25) is 0 Å². The van der Waals surface area contributed by atoms with Crippen LogP contribution in [0, 0.1) is 5.82 Å². The predicted octanol–water partition coefficient (Wildman–Crippen LogP) is 3.56. The Morgan fingerprint density at radius 3 is 2.77 bits per heavy atom. The summed E-state index contributed by atoms with van der Waals surface area (Å²) in [4.78, 5) is 4.38. The zero-order valence-corrected chi connectivity index (χ0v) is 14.9. The van der Waals surface area contributed by atoms with Crippen LogP contribution < -0.4 is 10.1 Å². The second-order valence-corrected chi connectivity index (χ2v) is 6.00. The van der Waals surface area contributed by atoms with Crippen molar-refractivity contribution < 1.29 is 13.7 Å². The van der Waals surface area contributed by atoms with Crippen molar-refractivity contribution in [3.63, 3.8) is 0 Å². The number of fused-ring (bicyclic) bond motifs is 1. The van der Waals surface area contributed by atoms with Crippen molar-refractivity contribution in [2.24, 2.45) is 0 Å². The molecule has 7 heteroatoms. The van der Waals surface area contributed by atoms with Crippen molar-refractivity contribution in [1.82, 2.24) is 15.5 Å². The highest BCUT2D eigenvalue weighted by Gasteiger charge is 2.13. The van der Waals surface area contributed by atoms with E-state index >= 15 is 0 Å². The number of aromatic nitrogens is 2. The van der Waals surface area contributed by atoms with Gasteiger partial charge in [0.15, 0.2) is 6.61 Å². The minimum absolute atomic E-state index is 0. The van der Waals surface area contributed by atoms with E-state index in [0.717, 1.165) is 31.5 Å². The molecule has 0 bridgehead atoms. The molecule has 1 aliphatic heterocycles. The van der Waals surface area contributed by atoms with Gasteiger partial charge in [-0.2, -0.15) is 4.98 Å². The van der Waals surface area contributed by atoms with Gasteiger partial charge in [-0.25, -0.2) is 4.39 Å². The van der Waals surface area contributed by atoms with Crippen molar-refractivity contribution in [1.29, 1.82) is 0 Å². The van der Waals surface area contributed by atoms with Crippen LogP contribution in [-0.4, -0.2) is 23.2 Å². The Labute approximate surface area is 157 Å². The average molecular weight is 376 g/mol. The van der Waals surface area contributed by atoms with E-state index in [1.54, 1.807) is 12.1 Å². The maximum atomic E-state index is 13.2. The van der Waals surface area contributed by atoms with Crippen LogP contribution in [0.15, 0.2) is 47.0 Å². The van der Waals surface area contributed by atoms with E-state index in [1.165, 1.54) is 23.3 Å². The first kappa shape index (κ1) is 18.4. The lowest BCUT2D eigenvalue weighted by Gasteiger charge is -2.05. The van der Waals surface area contributed by atoms with Crippen molar-refractivity contribution in [3.05, 3.63) is 65.2 Å². The monoisotopic (exact) mass is 375 g/mol. The molecule has 4 rings (SSSR count). The quantitative estimate of drug-likeness (QED) is 0.755. The molecule has 0 atom stereocenters. The molecule has 0 aliphatic carbocycles. The Bertz CT molecular complexity index is 885. The summed E-state index contributed by atoms with van der Waals surface area (Å²) in [6.45, 7) is 2.11. The van der Waals surface area contributed by atoms with E-state index in [2.05, 4.69) is 27.6 Å². The SMILES string of the molecule is Cl.Fc1cccc(OCc2noc(-c3ccc4c(c3)CCNCC4)n2)c1. The molecule has 0 unspecified atom stereocenters. The number of nitrogens with one attached hydrogen (secondary N) is 1. The van der Waals surface area contributed by atoms with Gasteiger partial charge in [0.25, 0.3) is 5.89 Å². The molecular formula is C19H19ClFN3O2. The third-order valence-corrected chi connectivity index (χ3v) is 4.23. The van der Waals surface area contributed by atoms with Gasteiger partial charge in [-0.1, -0.05) is 17.3 Å². The summed E-state index contributed by atoms with van der Waals surface area (Å²) in [6.07, 6.45) is 2.03. The van der Waals surface area contributed by atoms with E-state index in [1.807, 2.05) is 6.07 Å². The Hall–Kier alpha value is -2.44. The lowest BCUT2D eigenvalue weighted by Crippen LogP contribution is -2.16. The molecule has 3 aromatic rings. The Morgan fingerprint density at radius 2 is 1.92 bits per heavy atom. The molecular weight excluding hydrogens is 357 g/mol. The first-order valence-electron chi connectivity index (χ1n) is 8.32. The second-order valence-electron chi connectivity index (χ2n) is 6.00. The van der Waals surface area contributed by atoms with Gasteiger partial charge in [0.2, 0.25) is 5.82 Å². The molecule has 0 radical (unpaired) electrons. The summed E-state index contributed by atoms with van der Waals surface area (Å²) in [5.41, 5.74) is 3.59. The van der Waals surface area contributed by atoms with E-state index in [-0.39, 0.29) is 24.8 Å². The maximum Gasteiger partial charge on any atom is 0.258 e. The molecule has 1 aliphatic rings. The third kappa shape index (κ3) is 4.20. The molecule has 2 aromatic carbocycles. The molecule has 0 saturated carbocycles. The standard InChI is InChI=1S/C19H18FN3O2.ClH/c20-16-2-1-3-17(11-16)24-12-18-22-19(25-23-18)15-5-4-13-6-8-21-9-7-14(13)10-15;/h1-5,10-11,21H,6-9,12H2;1H. The number of rotatable bonds is 4. The van der Waals surface area contributed by atoms with Crippen LogP contribution in [0.4, 0.5) is 4.39 Å². The highest BCUT2D eigenvalue weighted by atomic mass is 35.5. The molecule has 0 amide bonds. The molecule has 2 heterocycles. The number of hydrogen-bond donors (Lipinski definition) is 1. The van der Waals surface area contributed by atoms with Crippen molar-refractivity contribution in [2.75, 3.05) is 13.1 Å². The number of halogens is 2. The second kappa shape index (κ2) is 8.29. The molecule has 136 valence electrons. The summed E-state index contributed by atoms with van der Waals surface area (Å²) in [6, 6.07) is 12.2. The van der Waals surface area contributed by atoms with E-state index in [4.69, 9.17) is 9.26 Å². The fraction of sp³-hybridized carbons (Fsp3) is 0.263. The number of nitrogens with zero attached hydrogens (tertiary/aromatic N) is 2. The fourth-order valence-electron chi connectivity index (χ4n) is 2.94. The third-order valence-electron chi connectivity index (χ3n) is 4.23. The molecule has 1 N–H and O–H groups in total. The zero-order valence-electron chi connectivity index (χ0n) is 14.1. The number of benzene rings is 2. The normalized spacial score (nSPS) is 13.4. The molecule has 0 saturated heterocycles. The number of ether oxygens (including phenoxy) is 1. The molecule has 5 nitrogen and oxygen atoms in total. The van der Waals surface area contributed by atoms with E-state index in [0.29, 0.717) is 17.5 Å². The first-order valence-corrected chi connectivity index (χ1v) is 8.32. The molecule has 1 aromatic heterocycles. The van der Waals surface area contributed by atoms with Gasteiger partial charge in [-0.15, -0.1) is 12.4 Å². The van der Waals surface area contributed by atoms with Crippen molar-refractivity contribution >= 4 is 12.4 Å². The lowest BCUT2D eigenvalue weighted by molar-refractivity contribution is 0.286. The minimum Gasteiger partial charge on any atom is -0.485 e. The summed E-state index contributed by atoms with van der Waals surface area (Å²) in [5.74, 6) is 0.989. The molecule has 0 fully saturated rings. The lowest BCUT2D eigenvalue weighted by atomic mass is 10.00. The predicted molar refractivity (Wildman–Crippen MR) is 98.0 cm³/mol. The van der Waals surface area contributed by atoms with Gasteiger partial charge in [0.1, 0.15) is 11.6 Å². The van der Waals surface area contributed by atoms with Gasteiger partial charge in [0.05, 0.1) is 0 Å². The first-order chi connectivity index (χ1) is 12.3. The highest BCUT2D eigenvalue weighted by molar-refractivity contribution is 5.85. The van der Waals surface area contributed by atoms with Gasteiger partial charge in [-0.3, -0.25) is 0 Å². The van der Waals surface area contributed by atoms with E-state index < -0.39 is 0 Å². The topological polar surface area (TPSA) is 60.2 Å². The van der Waals surface area contributed by atoms with Crippen LogP contribution in [0.25, 0.3) is 11.5 Å². The summed E-state index contributed by atoms with van der Waals surface area (Å²) >= 11 is 0. The van der Waals surface area contributed by atoms with Crippen LogP contribution in [0.1, 0.15) is 17.0 Å². The summed E-state index contributed by atoms with van der Waals surface area (Å²) < 4.78 is 24.0. The summed E-state index contributed by atoms with van der Waals surface area (Å²) in [7, 11) is 0. The highest BCUT2D eigenvalue weighted by Crippen LogP contribution is 2.23. The Balaban J connectivity index is 0.00000196. The van der Waals surface area contributed by atoms with E-state index in [9.17, 15) is 4.39 Å². The van der Waals surface area contributed by atoms with Crippen LogP contribution in [0.5, 0.6) is 5.75 Å². The van der Waals surface area contributed by atoms with Gasteiger partial charge >= 0.3 is 0 Å². The maximum absolute atomic E-state index is 13.2. The van der Waals surface area contributed by atoms with Crippen LogP contribution in [0.3, 0.4) is 0 Å². The molecule has 26 heavy (non-hydrogen) atoms. The minimum atomic E-state index is -0.342. The Kier molecular flexibility index (Phi) is 5.85. The number of hydrogen-bond acceptors (Lipinski definition) is 5. The Morgan fingerprint density at radius 1 is 1.08 bits per heavy atom. The van der Waals surface area contributed by atoms with Crippen molar-refractivity contribution in [2.45, 2.75) is 19.4 Å². The van der Waals surface area contributed by atoms with Crippen LogP contribution >= 0.6 is 12.4 Å². The largest absolute Gasteiger partial charge is 0.485 e. The smallest absolute Gasteiger partial charge is 0.258 e. The summed E-state index contributed by atoms with van der Waals surface area (Å²) in [5, 5.41) is 7.34. The van der Waals surface area contributed by atoms with Gasteiger partial charge in [-0.05, 0) is 61.3 Å². The average Bonchev–Trinajstić information content (AvgIpc) is 2.97. The molecule has 0 spiro atoms. The van der Waals surface area contributed by atoms with Gasteiger partial charge < -0.3 is 14.6 Å².